The number of nitrogens with zero attached hydrogens (tertiary/aromatic N) is 2. The Bertz CT molecular complexity index is 1110. The SMILES string of the molecule is N#Cc1ccc(-c2ccc3c(c2)OCC[C@@H]3CNc2cnccc2C(O)O)c(F)c1. The largest absolute Gasteiger partial charge is 0.493 e. The van der Waals surface area contributed by atoms with E-state index in [1.807, 2.05) is 24.3 Å². The molecule has 1 atom stereocenters. The molecule has 0 fully saturated rings. The van der Waals surface area contributed by atoms with Gasteiger partial charge in [-0.2, -0.15) is 5.26 Å². The van der Waals surface area contributed by atoms with E-state index in [4.69, 9.17) is 10.00 Å². The minimum Gasteiger partial charge on any atom is -0.493 e. The van der Waals surface area contributed by atoms with Crippen molar-refractivity contribution in [3.8, 4) is 22.9 Å². The number of aliphatic hydroxyl groups excluding tert-OH is 1. The Balaban J connectivity index is 1.56. The van der Waals surface area contributed by atoms with Crippen molar-refractivity contribution in [2.24, 2.45) is 0 Å². The fraction of sp³-hybridized carbons (Fsp3) is 0.217. The van der Waals surface area contributed by atoms with Crippen LogP contribution in [0, 0.1) is 17.1 Å². The van der Waals surface area contributed by atoms with E-state index in [0.29, 0.717) is 41.3 Å². The number of anilines is 1. The molecule has 1 aromatic heterocycles. The number of aliphatic hydroxyl groups is 2. The third-order valence-electron chi connectivity index (χ3n) is 5.26. The normalized spacial score (nSPS) is 15.2. The van der Waals surface area contributed by atoms with E-state index in [-0.39, 0.29) is 11.5 Å². The van der Waals surface area contributed by atoms with Gasteiger partial charge in [0.05, 0.1) is 30.1 Å². The van der Waals surface area contributed by atoms with E-state index in [2.05, 4.69) is 10.3 Å². The van der Waals surface area contributed by atoms with Gasteiger partial charge in [-0.25, -0.2) is 4.39 Å². The minimum atomic E-state index is -1.58. The molecule has 3 N–H and O–H groups in total. The molecule has 3 aromatic rings. The molecule has 2 heterocycles. The fourth-order valence-electron chi connectivity index (χ4n) is 3.67. The van der Waals surface area contributed by atoms with Crippen LogP contribution in [0.1, 0.15) is 35.3 Å². The Morgan fingerprint density at radius 2 is 2.10 bits per heavy atom. The van der Waals surface area contributed by atoms with E-state index < -0.39 is 12.1 Å². The summed E-state index contributed by atoms with van der Waals surface area (Å²) in [4.78, 5) is 4.04. The predicted molar refractivity (Wildman–Crippen MR) is 109 cm³/mol. The second kappa shape index (κ2) is 8.49. The number of ether oxygens (including phenoxy) is 1. The van der Waals surface area contributed by atoms with Gasteiger partial charge < -0.3 is 20.3 Å². The first-order valence-corrected chi connectivity index (χ1v) is 9.57. The predicted octanol–water partition coefficient (Wildman–Crippen LogP) is 3.72. The first-order chi connectivity index (χ1) is 14.6. The van der Waals surface area contributed by atoms with E-state index in [1.54, 1.807) is 24.4 Å². The van der Waals surface area contributed by atoms with Crippen molar-refractivity contribution in [1.82, 2.24) is 4.98 Å². The Labute approximate surface area is 173 Å². The molecule has 6 nitrogen and oxygen atoms in total. The Morgan fingerprint density at radius 1 is 1.23 bits per heavy atom. The zero-order chi connectivity index (χ0) is 21.1. The summed E-state index contributed by atoms with van der Waals surface area (Å²) in [7, 11) is 0. The van der Waals surface area contributed by atoms with Crippen LogP contribution in [0.3, 0.4) is 0 Å². The van der Waals surface area contributed by atoms with Crippen LogP contribution >= 0.6 is 0 Å². The summed E-state index contributed by atoms with van der Waals surface area (Å²) in [5, 5.41) is 31.2. The molecule has 30 heavy (non-hydrogen) atoms. The number of pyridine rings is 1. The van der Waals surface area contributed by atoms with Gasteiger partial charge in [0.25, 0.3) is 0 Å². The molecule has 0 saturated carbocycles. The number of nitriles is 1. The third kappa shape index (κ3) is 3.96. The molecule has 1 aliphatic heterocycles. The van der Waals surface area contributed by atoms with Crippen LogP contribution in [0.25, 0.3) is 11.1 Å². The highest BCUT2D eigenvalue weighted by Gasteiger charge is 2.23. The van der Waals surface area contributed by atoms with Gasteiger partial charge in [-0.3, -0.25) is 4.98 Å². The monoisotopic (exact) mass is 405 g/mol. The Morgan fingerprint density at radius 3 is 2.87 bits per heavy atom. The smallest absolute Gasteiger partial charge is 0.180 e. The number of hydrogen-bond acceptors (Lipinski definition) is 6. The molecule has 152 valence electrons. The fourth-order valence-corrected chi connectivity index (χ4v) is 3.67. The summed E-state index contributed by atoms with van der Waals surface area (Å²) < 4.78 is 20.2. The second-order valence-electron chi connectivity index (χ2n) is 7.11. The first kappa shape index (κ1) is 19.8. The average molecular weight is 405 g/mol. The average Bonchev–Trinajstić information content (AvgIpc) is 2.77. The Hall–Kier alpha value is -3.47. The highest BCUT2D eigenvalue weighted by Crippen LogP contribution is 2.37. The van der Waals surface area contributed by atoms with Crippen molar-refractivity contribution in [3.05, 3.63) is 77.4 Å². The van der Waals surface area contributed by atoms with E-state index in [9.17, 15) is 14.6 Å². The maximum atomic E-state index is 14.4. The van der Waals surface area contributed by atoms with Gasteiger partial charge in [0.2, 0.25) is 0 Å². The molecule has 0 spiro atoms. The minimum absolute atomic E-state index is 0.137. The summed E-state index contributed by atoms with van der Waals surface area (Å²) in [6.07, 6.45) is 2.28. The zero-order valence-electron chi connectivity index (χ0n) is 16.0. The lowest BCUT2D eigenvalue weighted by atomic mass is 9.90. The summed E-state index contributed by atoms with van der Waals surface area (Å²) in [6, 6.07) is 13.5. The molecule has 7 heteroatoms. The highest BCUT2D eigenvalue weighted by molar-refractivity contribution is 5.68. The summed E-state index contributed by atoms with van der Waals surface area (Å²) in [5.74, 6) is 0.384. The third-order valence-corrected chi connectivity index (χ3v) is 5.26. The summed E-state index contributed by atoms with van der Waals surface area (Å²) in [5.41, 5.74) is 3.31. The number of rotatable bonds is 5. The van der Waals surface area contributed by atoms with Gasteiger partial charge in [-0.05, 0) is 41.8 Å². The highest BCUT2D eigenvalue weighted by atomic mass is 19.1. The van der Waals surface area contributed by atoms with Gasteiger partial charge in [-0.15, -0.1) is 0 Å². The lowest BCUT2D eigenvalue weighted by molar-refractivity contribution is -0.0419. The van der Waals surface area contributed by atoms with Crippen LogP contribution in [0.5, 0.6) is 5.75 Å². The quantitative estimate of drug-likeness (QED) is 0.560. The van der Waals surface area contributed by atoms with Gasteiger partial charge in [-0.1, -0.05) is 18.2 Å². The molecule has 0 aliphatic carbocycles. The van der Waals surface area contributed by atoms with Gasteiger partial charge in [0.15, 0.2) is 6.29 Å². The maximum Gasteiger partial charge on any atom is 0.180 e. The van der Waals surface area contributed by atoms with Crippen molar-refractivity contribution in [2.45, 2.75) is 18.6 Å². The van der Waals surface area contributed by atoms with Crippen LogP contribution < -0.4 is 10.1 Å². The van der Waals surface area contributed by atoms with Crippen molar-refractivity contribution in [3.63, 3.8) is 0 Å². The van der Waals surface area contributed by atoms with E-state index in [1.165, 1.54) is 12.3 Å². The number of hydrogen-bond donors (Lipinski definition) is 3. The molecule has 1 aliphatic rings. The molecular weight excluding hydrogens is 385 g/mol. The molecule has 0 radical (unpaired) electrons. The molecule has 0 saturated heterocycles. The van der Waals surface area contributed by atoms with Crippen LogP contribution in [0.15, 0.2) is 54.9 Å². The number of fused-ring (bicyclic) bond motifs is 1. The summed E-state index contributed by atoms with van der Waals surface area (Å²) in [6.45, 7) is 1.09. The number of nitrogens with one attached hydrogen (secondary N) is 1. The van der Waals surface area contributed by atoms with Gasteiger partial charge in [0, 0.05) is 29.8 Å². The van der Waals surface area contributed by atoms with Gasteiger partial charge in [0.1, 0.15) is 11.6 Å². The number of halogens is 1. The Kier molecular flexibility index (Phi) is 5.61. The molecular formula is C23H20FN3O3. The van der Waals surface area contributed by atoms with Gasteiger partial charge >= 0.3 is 0 Å². The lowest BCUT2D eigenvalue weighted by Gasteiger charge is -2.27. The molecule has 2 aromatic carbocycles. The standard InChI is InChI=1S/C23H20FN3O3/c24-20-9-14(11-25)1-3-17(20)15-2-4-18-16(6-8-30-22(18)10-15)12-27-21-13-26-7-5-19(21)23(28)29/h1-5,7,9-10,13,16,23,27-29H,6,8,12H2/t16-/m1/s1. The van der Waals surface area contributed by atoms with Crippen LogP contribution in [-0.2, 0) is 0 Å². The molecule has 0 bridgehead atoms. The van der Waals surface area contributed by atoms with Crippen LogP contribution in [0.2, 0.25) is 0 Å². The second-order valence-corrected chi connectivity index (χ2v) is 7.11. The number of benzene rings is 2. The maximum absolute atomic E-state index is 14.4. The van der Waals surface area contributed by atoms with Crippen LogP contribution in [-0.4, -0.2) is 28.3 Å². The van der Waals surface area contributed by atoms with Crippen molar-refractivity contribution < 1.29 is 19.3 Å². The van der Waals surface area contributed by atoms with Crippen molar-refractivity contribution in [2.75, 3.05) is 18.5 Å². The van der Waals surface area contributed by atoms with Crippen molar-refractivity contribution in [1.29, 1.82) is 5.26 Å². The molecule has 0 unspecified atom stereocenters. The molecule has 4 rings (SSSR count). The first-order valence-electron chi connectivity index (χ1n) is 9.57. The van der Waals surface area contributed by atoms with E-state index >= 15 is 0 Å². The number of aromatic nitrogens is 1. The lowest BCUT2D eigenvalue weighted by Crippen LogP contribution is -2.21. The summed E-state index contributed by atoms with van der Waals surface area (Å²) >= 11 is 0. The van der Waals surface area contributed by atoms with Crippen molar-refractivity contribution >= 4 is 5.69 Å². The topological polar surface area (TPSA) is 98.4 Å². The van der Waals surface area contributed by atoms with Crippen LogP contribution in [0.4, 0.5) is 10.1 Å². The molecule has 0 amide bonds. The van der Waals surface area contributed by atoms with E-state index in [0.717, 1.165) is 12.0 Å². The zero-order valence-corrected chi connectivity index (χ0v) is 16.0.